The minimum atomic E-state index is -2.56. The quantitative estimate of drug-likeness (QED) is 0.0800. The van der Waals surface area contributed by atoms with Crippen molar-refractivity contribution in [1.82, 2.24) is 4.98 Å². The van der Waals surface area contributed by atoms with Crippen LogP contribution in [0.3, 0.4) is 0 Å². The van der Waals surface area contributed by atoms with Gasteiger partial charge in [-0.1, -0.05) is 43.7 Å². The SMILES string of the molecule is CCCO[Si](CCSSSSSSSSc1nc2ccccc2s1)(OCCC)OCCC. The van der Waals surface area contributed by atoms with E-state index in [4.69, 9.17) is 13.3 Å². The Morgan fingerprint density at radius 1 is 0.812 bits per heavy atom. The van der Waals surface area contributed by atoms with E-state index in [2.05, 4.69) is 44.0 Å². The van der Waals surface area contributed by atoms with Crippen LogP contribution in [0, 0.1) is 0 Å². The standard InChI is InChI=1S/C18H29NO3S9Si/c1-4-11-20-32(21-12-5-2,22-13-6-3)15-14-23-26-28-30-31-29-27-25-18-19-16-9-7-8-10-17(16)24-18/h7-10H,4-6,11-15H2,1-3H3. The smallest absolute Gasteiger partial charge is 0.373 e. The van der Waals surface area contributed by atoms with Gasteiger partial charge in [-0.15, -0.1) is 11.3 Å². The van der Waals surface area contributed by atoms with Crippen LogP contribution in [-0.2, 0) is 13.3 Å². The third kappa shape index (κ3) is 12.3. The van der Waals surface area contributed by atoms with Gasteiger partial charge in [0.05, 0.1) is 10.2 Å². The minimum Gasteiger partial charge on any atom is -0.373 e. The predicted molar refractivity (Wildman–Crippen MR) is 163 cm³/mol. The first-order valence-electron chi connectivity index (χ1n) is 10.3. The predicted octanol–water partition coefficient (Wildman–Crippen LogP) is 10.1. The summed E-state index contributed by atoms with van der Waals surface area (Å²) in [5, 5.41) is 0. The summed E-state index contributed by atoms with van der Waals surface area (Å²) in [6.07, 6.45) is 2.95. The molecule has 2 aromatic rings. The molecule has 4 nitrogen and oxygen atoms in total. The van der Waals surface area contributed by atoms with E-state index in [1.54, 1.807) is 71.3 Å². The molecule has 0 unspecified atom stereocenters. The maximum absolute atomic E-state index is 6.15. The molecule has 2 rings (SSSR count). The van der Waals surface area contributed by atoms with Crippen molar-refractivity contribution in [2.75, 3.05) is 25.6 Å². The average Bonchev–Trinajstić information content (AvgIpc) is 3.23. The van der Waals surface area contributed by atoms with E-state index in [0.717, 1.165) is 40.9 Å². The first-order chi connectivity index (χ1) is 15.7. The van der Waals surface area contributed by atoms with Gasteiger partial charge in [0.15, 0.2) is 4.34 Å². The van der Waals surface area contributed by atoms with Gasteiger partial charge in [0.1, 0.15) is 0 Å². The molecule has 1 heterocycles. The van der Waals surface area contributed by atoms with E-state index in [9.17, 15) is 0 Å². The third-order valence-electron chi connectivity index (χ3n) is 3.64. The Hall–Kier alpha value is 2.01. The van der Waals surface area contributed by atoms with E-state index in [1.165, 1.54) is 4.70 Å². The molecule has 0 radical (unpaired) electrons. The number of aromatic nitrogens is 1. The molecule has 0 aliphatic rings. The number of para-hydroxylation sites is 1. The Morgan fingerprint density at radius 3 is 2.03 bits per heavy atom. The van der Waals surface area contributed by atoms with Gasteiger partial charge in [-0.2, -0.15) is 0 Å². The van der Waals surface area contributed by atoms with Gasteiger partial charge in [0.25, 0.3) is 0 Å². The van der Waals surface area contributed by atoms with Gasteiger partial charge >= 0.3 is 8.80 Å². The lowest BCUT2D eigenvalue weighted by Gasteiger charge is -2.29. The second-order valence-corrected chi connectivity index (χ2v) is 23.3. The van der Waals surface area contributed by atoms with Crippen LogP contribution in [0.1, 0.15) is 40.0 Å². The summed E-state index contributed by atoms with van der Waals surface area (Å²) in [6, 6.07) is 9.16. The molecule has 182 valence electrons. The zero-order valence-corrected chi connectivity index (χ0v) is 26.7. The Balaban J connectivity index is 1.55. The number of nitrogens with zero attached hydrogens (tertiary/aromatic N) is 1. The lowest BCUT2D eigenvalue weighted by molar-refractivity contribution is 0.0607. The normalized spacial score (nSPS) is 12.1. The monoisotopic (exact) mass is 623 g/mol. The van der Waals surface area contributed by atoms with Crippen LogP contribution in [-0.4, -0.2) is 39.4 Å². The van der Waals surface area contributed by atoms with Crippen LogP contribution < -0.4 is 0 Å². The maximum atomic E-state index is 6.15. The van der Waals surface area contributed by atoms with Crippen molar-refractivity contribution in [3.8, 4) is 0 Å². The summed E-state index contributed by atoms with van der Waals surface area (Å²) in [6.45, 7) is 8.52. The van der Waals surface area contributed by atoms with Gasteiger partial charge in [0, 0.05) is 31.6 Å². The first kappa shape index (κ1) is 30.2. The first-order valence-corrected chi connectivity index (χ1v) is 23.4. The molecule has 0 fully saturated rings. The second-order valence-electron chi connectivity index (χ2n) is 6.24. The molecule has 0 saturated carbocycles. The molecule has 0 N–H and O–H groups in total. The van der Waals surface area contributed by atoms with Crippen molar-refractivity contribution in [2.24, 2.45) is 0 Å². The summed E-state index contributed by atoms with van der Waals surface area (Å²) in [5.41, 5.74) is 1.09. The van der Waals surface area contributed by atoms with Gasteiger partial charge in [-0.05, 0) is 101 Å². The topological polar surface area (TPSA) is 40.6 Å². The van der Waals surface area contributed by atoms with E-state index >= 15 is 0 Å². The number of fused-ring (bicyclic) bond motifs is 1. The number of hydrogen-bond acceptors (Lipinski definition) is 13. The van der Waals surface area contributed by atoms with Crippen LogP contribution in [0.4, 0.5) is 0 Å². The molecule has 1 aromatic heterocycles. The zero-order valence-electron chi connectivity index (χ0n) is 18.3. The fraction of sp³-hybridized carbons (Fsp3) is 0.611. The van der Waals surface area contributed by atoms with Crippen LogP contribution in [0.15, 0.2) is 28.6 Å². The number of hydrogen-bond donors (Lipinski definition) is 0. The maximum Gasteiger partial charge on any atom is 0.501 e. The summed E-state index contributed by atoms with van der Waals surface area (Å²) >= 11 is 1.75. The molecule has 14 heteroatoms. The van der Waals surface area contributed by atoms with E-state index in [-0.39, 0.29) is 0 Å². The van der Waals surface area contributed by atoms with Gasteiger partial charge in [-0.3, -0.25) is 0 Å². The van der Waals surface area contributed by atoms with Crippen molar-refractivity contribution in [3.05, 3.63) is 24.3 Å². The molecule has 0 atom stereocenters. The average molecular weight is 624 g/mol. The highest BCUT2D eigenvalue weighted by Crippen LogP contribution is 2.58. The molecule has 0 saturated heterocycles. The van der Waals surface area contributed by atoms with Crippen LogP contribution in [0.25, 0.3) is 10.2 Å². The highest BCUT2D eigenvalue weighted by atomic mass is 34.0. The Bertz CT molecular complexity index is 688. The Kier molecular flexibility index (Phi) is 18.1. The largest absolute Gasteiger partial charge is 0.501 e. The number of thiazole rings is 1. The van der Waals surface area contributed by atoms with Crippen molar-refractivity contribution in [1.29, 1.82) is 0 Å². The molecule has 32 heavy (non-hydrogen) atoms. The summed E-state index contributed by atoms with van der Waals surface area (Å²) in [4.78, 5) is 4.65. The molecule has 0 aliphatic heterocycles. The fourth-order valence-electron chi connectivity index (χ4n) is 2.31. The number of rotatable bonds is 20. The van der Waals surface area contributed by atoms with Crippen molar-refractivity contribution in [3.63, 3.8) is 0 Å². The summed E-state index contributed by atoms with van der Waals surface area (Å²) in [5.74, 6) is 0.974. The summed E-state index contributed by atoms with van der Waals surface area (Å²) in [7, 11) is 11.8. The highest BCUT2D eigenvalue weighted by molar-refractivity contribution is 9.48. The molecule has 0 aliphatic carbocycles. The van der Waals surface area contributed by atoms with Crippen LogP contribution in [0.2, 0.25) is 6.04 Å². The van der Waals surface area contributed by atoms with Crippen LogP contribution >= 0.6 is 91.9 Å². The van der Waals surface area contributed by atoms with Crippen molar-refractivity contribution < 1.29 is 13.3 Å². The lowest BCUT2D eigenvalue weighted by atomic mass is 10.3. The molecular formula is C18H29NO3S9Si. The van der Waals surface area contributed by atoms with Crippen molar-refractivity contribution in [2.45, 2.75) is 50.4 Å². The van der Waals surface area contributed by atoms with E-state index in [1.807, 2.05) is 26.7 Å². The fourth-order valence-corrected chi connectivity index (χ4v) is 24.3. The van der Waals surface area contributed by atoms with Gasteiger partial charge in [0.2, 0.25) is 0 Å². The highest BCUT2D eigenvalue weighted by Gasteiger charge is 2.40. The molecule has 0 bridgehead atoms. The molecular weight excluding hydrogens is 595 g/mol. The molecule has 0 spiro atoms. The van der Waals surface area contributed by atoms with Gasteiger partial charge < -0.3 is 13.3 Å². The van der Waals surface area contributed by atoms with E-state index < -0.39 is 8.80 Å². The summed E-state index contributed by atoms with van der Waals surface area (Å²) < 4.78 is 20.8. The Labute approximate surface area is 227 Å². The Morgan fingerprint density at radius 2 is 1.41 bits per heavy atom. The van der Waals surface area contributed by atoms with Crippen LogP contribution in [0.5, 0.6) is 0 Å². The third-order valence-corrected chi connectivity index (χ3v) is 23.3. The van der Waals surface area contributed by atoms with E-state index in [0.29, 0.717) is 19.8 Å². The minimum absolute atomic E-state index is 0.711. The van der Waals surface area contributed by atoms with Crippen molar-refractivity contribution >= 4 is 111 Å². The second kappa shape index (κ2) is 19.2. The molecule has 1 aromatic carbocycles. The lowest BCUT2D eigenvalue weighted by Crippen LogP contribution is -2.47. The zero-order chi connectivity index (χ0) is 22.9. The van der Waals surface area contributed by atoms with Gasteiger partial charge in [-0.25, -0.2) is 4.98 Å². The number of benzene rings is 1. The molecule has 0 amide bonds.